The summed E-state index contributed by atoms with van der Waals surface area (Å²) in [4.78, 5) is 0. The number of benzene rings is 4. The van der Waals surface area contributed by atoms with Crippen LogP contribution in [-0.2, 0) is 20.4 Å². The van der Waals surface area contributed by atoms with E-state index in [4.69, 9.17) is 0 Å². The molecule has 2 unspecified atom stereocenters. The fourth-order valence-electron chi connectivity index (χ4n) is 3.13. The minimum atomic E-state index is 0. The summed E-state index contributed by atoms with van der Waals surface area (Å²) >= 11 is 0. The fraction of sp³-hybridized carbons (Fsp3) is 0. The van der Waals surface area contributed by atoms with Gasteiger partial charge < -0.3 is 0 Å². The number of rotatable bonds is 1. The Balaban J connectivity index is 0.00000156. The molecular formula is C20H16P2Pd+2. The van der Waals surface area contributed by atoms with E-state index >= 15 is 0 Å². The largest absolute Gasteiger partial charge is 2.00 e. The Morgan fingerprint density at radius 3 is 1.30 bits per heavy atom. The van der Waals surface area contributed by atoms with Crippen LogP contribution in [0.3, 0.4) is 0 Å². The van der Waals surface area contributed by atoms with Crippen molar-refractivity contribution in [2.24, 2.45) is 0 Å². The Morgan fingerprint density at radius 1 is 0.478 bits per heavy atom. The van der Waals surface area contributed by atoms with Crippen molar-refractivity contribution in [2.75, 3.05) is 0 Å². The van der Waals surface area contributed by atoms with Crippen LogP contribution in [0.25, 0.3) is 32.7 Å². The average Bonchev–Trinajstić information content (AvgIpc) is 2.56. The number of fused-ring (bicyclic) bond motifs is 2. The van der Waals surface area contributed by atoms with Gasteiger partial charge in [0.15, 0.2) is 0 Å². The zero-order valence-corrected chi connectivity index (χ0v) is 16.3. The van der Waals surface area contributed by atoms with E-state index in [0.29, 0.717) is 0 Å². The maximum Gasteiger partial charge on any atom is 2.00 e. The van der Waals surface area contributed by atoms with E-state index in [0.717, 1.165) is 0 Å². The van der Waals surface area contributed by atoms with E-state index in [9.17, 15) is 0 Å². The Morgan fingerprint density at radius 2 is 0.870 bits per heavy atom. The van der Waals surface area contributed by atoms with Crippen LogP contribution in [0.15, 0.2) is 72.8 Å². The summed E-state index contributed by atoms with van der Waals surface area (Å²) < 4.78 is 0. The van der Waals surface area contributed by atoms with Gasteiger partial charge in [-0.1, -0.05) is 72.8 Å². The first-order chi connectivity index (χ1) is 10.8. The minimum Gasteiger partial charge on any atom is -0.105 e. The number of hydrogen-bond donors (Lipinski definition) is 0. The molecule has 114 valence electrons. The molecule has 0 N–H and O–H groups in total. The molecule has 4 rings (SSSR count). The molecular weight excluding hydrogens is 409 g/mol. The molecule has 0 aliphatic heterocycles. The molecule has 4 aromatic carbocycles. The molecule has 0 radical (unpaired) electrons. The van der Waals surface area contributed by atoms with Crippen LogP contribution in [0.5, 0.6) is 0 Å². The van der Waals surface area contributed by atoms with Crippen molar-refractivity contribution >= 4 is 50.6 Å². The standard InChI is InChI=1S/C20H16P2.Pd/c21-17-11-9-13-5-1-3-7-15(13)19(17)20-16-8-4-2-6-14(16)10-12-18(20)22;/h1-12H,21-22H2;/q;+2. The van der Waals surface area contributed by atoms with Crippen LogP contribution in [-0.4, -0.2) is 0 Å². The summed E-state index contributed by atoms with van der Waals surface area (Å²) in [5, 5.41) is 7.63. The predicted octanol–water partition coefficient (Wildman–Crippen LogP) is 4.66. The maximum absolute atomic E-state index is 2.90. The van der Waals surface area contributed by atoms with Gasteiger partial charge in [0.05, 0.1) is 0 Å². The molecule has 23 heavy (non-hydrogen) atoms. The van der Waals surface area contributed by atoms with Gasteiger partial charge in [-0.15, -0.1) is 18.5 Å². The Kier molecular flexibility index (Phi) is 4.96. The van der Waals surface area contributed by atoms with Crippen molar-refractivity contribution in [1.82, 2.24) is 0 Å². The van der Waals surface area contributed by atoms with Crippen LogP contribution >= 0.6 is 18.5 Å². The van der Waals surface area contributed by atoms with Gasteiger partial charge in [0, 0.05) is 0 Å². The molecule has 0 aliphatic rings. The second-order valence-electron chi connectivity index (χ2n) is 5.50. The normalized spacial score (nSPS) is 10.7. The molecule has 0 spiro atoms. The third-order valence-corrected chi connectivity index (χ3v) is 5.13. The topological polar surface area (TPSA) is 0 Å². The van der Waals surface area contributed by atoms with Crippen LogP contribution < -0.4 is 10.6 Å². The second kappa shape index (κ2) is 6.81. The zero-order valence-electron chi connectivity index (χ0n) is 12.4. The van der Waals surface area contributed by atoms with E-state index in [1.54, 1.807) is 0 Å². The summed E-state index contributed by atoms with van der Waals surface area (Å²) in [6, 6.07) is 26.0. The fourth-order valence-corrected chi connectivity index (χ4v) is 3.93. The van der Waals surface area contributed by atoms with Crippen molar-refractivity contribution in [3.05, 3.63) is 72.8 Å². The van der Waals surface area contributed by atoms with Crippen LogP contribution in [0.1, 0.15) is 0 Å². The van der Waals surface area contributed by atoms with Crippen LogP contribution in [0, 0.1) is 0 Å². The average molecular weight is 425 g/mol. The molecule has 0 saturated heterocycles. The molecule has 0 aromatic heterocycles. The van der Waals surface area contributed by atoms with Gasteiger partial charge in [-0.05, 0) is 43.3 Å². The third-order valence-electron chi connectivity index (χ3n) is 4.17. The smallest absolute Gasteiger partial charge is 0.105 e. The van der Waals surface area contributed by atoms with Gasteiger partial charge in [-0.25, -0.2) is 0 Å². The predicted molar refractivity (Wildman–Crippen MR) is 106 cm³/mol. The Labute approximate surface area is 154 Å². The van der Waals surface area contributed by atoms with Gasteiger partial charge in [0.25, 0.3) is 0 Å². The number of hydrogen-bond acceptors (Lipinski definition) is 0. The first kappa shape index (κ1) is 16.8. The summed E-state index contributed by atoms with van der Waals surface area (Å²) in [5.74, 6) is 0. The van der Waals surface area contributed by atoms with E-state index in [-0.39, 0.29) is 20.4 Å². The first-order valence-electron chi connectivity index (χ1n) is 7.30. The van der Waals surface area contributed by atoms with E-state index in [1.807, 2.05) is 0 Å². The SMILES string of the molecule is Pc1ccc2ccccc2c1-c1c(P)ccc2ccccc12.[Pd+2]. The van der Waals surface area contributed by atoms with Crippen LogP contribution in [0.2, 0.25) is 0 Å². The minimum absolute atomic E-state index is 0. The molecule has 0 fully saturated rings. The van der Waals surface area contributed by atoms with E-state index < -0.39 is 0 Å². The third kappa shape index (κ3) is 2.89. The molecule has 0 heterocycles. The summed E-state index contributed by atoms with van der Waals surface area (Å²) in [6.45, 7) is 0. The summed E-state index contributed by atoms with van der Waals surface area (Å²) in [6.07, 6.45) is 0. The van der Waals surface area contributed by atoms with Crippen LogP contribution in [0.4, 0.5) is 0 Å². The van der Waals surface area contributed by atoms with E-state index in [2.05, 4.69) is 91.3 Å². The van der Waals surface area contributed by atoms with E-state index in [1.165, 1.54) is 43.3 Å². The molecule has 4 aromatic rings. The van der Waals surface area contributed by atoms with Crippen molar-refractivity contribution in [3.8, 4) is 11.1 Å². The zero-order chi connectivity index (χ0) is 15.1. The first-order valence-corrected chi connectivity index (χ1v) is 8.46. The van der Waals surface area contributed by atoms with Crippen molar-refractivity contribution in [2.45, 2.75) is 0 Å². The molecule has 0 aliphatic carbocycles. The Bertz CT molecular complexity index is 925. The molecule has 0 nitrogen and oxygen atoms in total. The molecule has 2 atom stereocenters. The molecule has 0 amide bonds. The summed E-state index contributed by atoms with van der Waals surface area (Å²) in [7, 11) is 5.79. The van der Waals surface area contributed by atoms with Crippen molar-refractivity contribution in [1.29, 1.82) is 0 Å². The van der Waals surface area contributed by atoms with Gasteiger partial charge in [-0.3, -0.25) is 0 Å². The Hall–Kier alpha value is -1.08. The van der Waals surface area contributed by atoms with Gasteiger partial charge in [0.2, 0.25) is 0 Å². The second-order valence-corrected chi connectivity index (χ2v) is 6.75. The van der Waals surface area contributed by atoms with Gasteiger partial charge in [0.1, 0.15) is 0 Å². The van der Waals surface area contributed by atoms with Gasteiger partial charge >= 0.3 is 20.4 Å². The maximum atomic E-state index is 2.90. The monoisotopic (exact) mass is 424 g/mol. The van der Waals surface area contributed by atoms with Crippen molar-refractivity contribution < 1.29 is 20.4 Å². The summed E-state index contributed by atoms with van der Waals surface area (Å²) in [5.41, 5.74) is 2.62. The quantitative estimate of drug-likeness (QED) is 0.308. The molecule has 0 saturated carbocycles. The molecule has 0 bridgehead atoms. The molecule has 3 heteroatoms. The van der Waals surface area contributed by atoms with Crippen molar-refractivity contribution in [3.63, 3.8) is 0 Å². The van der Waals surface area contributed by atoms with Gasteiger partial charge in [-0.2, -0.15) is 0 Å².